The first-order valence-electron chi connectivity index (χ1n) is 8.40. The van der Waals surface area contributed by atoms with Gasteiger partial charge < -0.3 is 10.4 Å². The zero-order valence-electron chi connectivity index (χ0n) is 14.4. The number of carbonyl (C=O) groups is 2. The number of hydrogen-bond acceptors (Lipinski definition) is 5. The summed E-state index contributed by atoms with van der Waals surface area (Å²) in [5, 5.41) is 11.8. The summed E-state index contributed by atoms with van der Waals surface area (Å²) < 4.78 is 0. The molecule has 0 aliphatic heterocycles. The maximum absolute atomic E-state index is 12.6. The van der Waals surface area contributed by atoms with Crippen LogP contribution in [0.15, 0.2) is 73.2 Å². The molecule has 3 aromatic rings. The molecule has 136 valence electrons. The molecule has 0 radical (unpaired) electrons. The second kappa shape index (κ2) is 8.18. The van der Waals surface area contributed by atoms with Crippen LogP contribution < -0.4 is 5.32 Å². The van der Waals surface area contributed by atoms with E-state index in [-0.39, 0.29) is 12.8 Å². The van der Waals surface area contributed by atoms with Crippen LogP contribution in [0.5, 0.6) is 0 Å². The second-order valence-corrected chi connectivity index (χ2v) is 5.84. The van der Waals surface area contributed by atoms with Crippen molar-refractivity contribution < 1.29 is 14.7 Å². The number of carbonyl (C=O) groups excluding carboxylic acids is 1. The van der Waals surface area contributed by atoms with Crippen LogP contribution in [0.2, 0.25) is 0 Å². The van der Waals surface area contributed by atoms with Crippen molar-refractivity contribution in [2.75, 3.05) is 0 Å². The first kappa shape index (κ1) is 18.2. The molecular formula is C20H18N4O3. The molecule has 3 aromatic heterocycles. The highest BCUT2D eigenvalue weighted by molar-refractivity contribution is 5.82. The van der Waals surface area contributed by atoms with Crippen LogP contribution in [0, 0.1) is 0 Å². The third-order valence-corrected chi connectivity index (χ3v) is 4.04. The third kappa shape index (κ3) is 3.98. The molecule has 0 aromatic carbocycles. The molecule has 2 N–H and O–H groups in total. The lowest BCUT2D eigenvalue weighted by molar-refractivity contribution is -0.139. The minimum atomic E-state index is -1.24. The van der Waals surface area contributed by atoms with Gasteiger partial charge in [-0.3, -0.25) is 24.5 Å². The van der Waals surface area contributed by atoms with Gasteiger partial charge in [0.2, 0.25) is 5.91 Å². The van der Waals surface area contributed by atoms with Crippen LogP contribution >= 0.6 is 0 Å². The van der Waals surface area contributed by atoms with Gasteiger partial charge >= 0.3 is 5.97 Å². The lowest BCUT2D eigenvalue weighted by atomic mass is 9.85. The van der Waals surface area contributed by atoms with Crippen LogP contribution in [0.25, 0.3) is 0 Å². The molecule has 0 saturated carbocycles. The standard InChI is InChI=1S/C20H18N4O3/c25-18(10-11-19(26)27)24-20(15-7-1-4-12-21-15,16-8-2-5-13-22-16)17-9-3-6-14-23-17/h1-9,12-14H,10-11H2,(H,24,25)(H,26,27). The predicted octanol–water partition coefficient (Wildman–Crippen LogP) is 2.14. The van der Waals surface area contributed by atoms with Gasteiger partial charge in [-0.25, -0.2) is 0 Å². The molecule has 3 rings (SSSR count). The lowest BCUT2D eigenvalue weighted by Gasteiger charge is -2.33. The van der Waals surface area contributed by atoms with Gasteiger partial charge in [0, 0.05) is 25.0 Å². The number of rotatable bonds is 7. The van der Waals surface area contributed by atoms with Crippen molar-refractivity contribution >= 4 is 11.9 Å². The number of carboxylic acids is 1. The van der Waals surface area contributed by atoms with Crippen molar-refractivity contribution in [2.45, 2.75) is 18.4 Å². The van der Waals surface area contributed by atoms with Crippen LogP contribution in [0.3, 0.4) is 0 Å². The van der Waals surface area contributed by atoms with Gasteiger partial charge in [-0.1, -0.05) is 18.2 Å². The van der Waals surface area contributed by atoms with E-state index in [1.807, 2.05) is 18.2 Å². The summed E-state index contributed by atoms with van der Waals surface area (Å²) in [5.41, 5.74) is 0.363. The number of pyridine rings is 3. The quantitative estimate of drug-likeness (QED) is 0.667. The SMILES string of the molecule is O=C(O)CCC(=O)NC(c1ccccn1)(c1ccccn1)c1ccccn1. The maximum atomic E-state index is 12.6. The maximum Gasteiger partial charge on any atom is 0.303 e. The topological polar surface area (TPSA) is 105 Å². The van der Waals surface area contributed by atoms with Gasteiger partial charge in [0.1, 0.15) is 0 Å². The number of nitrogens with zero attached hydrogens (tertiary/aromatic N) is 3. The number of amides is 1. The van der Waals surface area contributed by atoms with E-state index in [4.69, 9.17) is 5.11 Å². The average Bonchev–Trinajstić information content (AvgIpc) is 2.72. The molecule has 7 heteroatoms. The molecule has 0 saturated heterocycles. The Morgan fingerprint density at radius 2 is 1.22 bits per heavy atom. The van der Waals surface area contributed by atoms with Crippen molar-refractivity contribution in [1.29, 1.82) is 0 Å². The highest BCUT2D eigenvalue weighted by Gasteiger charge is 2.41. The van der Waals surface area contributed by atoms with Gasteiger partial charge in [0.05, 0.1) is 23.5 Å². The average molecular weight is 362 g/mol. The van der Waals surface area contributed by atoms with Gasteiger partial charge in [-0.15, -0.1) is 0 Å². The Balaban J connectivity index is 2.17. The van der Waals surface area contributed by atoms with Crippen molar-refractivity contribution in [1.82, 2.24) is 20.3 Å². The zero-order valence-corrected chi connectivity index (χ0v) is 14.4. The first-order chi connectivity index (χ1) is 13.1. The fourth-order valence-corrected chi connectivity index (χ4v) is 2.83. The Labute approximate surface area is 156 Å². The molecule has 0 fully saturated rings. The summed E-state index contributed by atoms with van der Waals surface area (Å²) >= 11 is 0. The van der Waals surface area contributed by atoms with E-state index in [1.54, 1.807) is 55.0 Å². The minimum absolute atomic E-state index is 0.163. The van der Waals surface area contributed by atoms with Crippen LogP contribution in [-0.2, 0) is 15.1 Å². The molecule has 0 aliphatic rings. The van der Waals surface area contributed by atoms with Crippen molar-refractivity contribution in [3.63, 3.8) is 0 Å². The van der Waals surface area contributed by atoms with E-state index in [1.165, 1.54) is 0 Å². The minimum Gasteiger partial charge on any atom is -0.481 e. The van der Waals surface area contributed by atoms with Gasteiger partial charge in [0.25, 0.3) is 0 Å². The molecule has 0 spiro atoms. The van der Waals surface area contributed by atoms with E-state index < -0.39 is 17.4 Å². The summed E-state index contributed by atoms with van der Waals surface area (Å²) in [4.78, 5) is 36.8. The second-order valence-electron chi connectivity index (χ2n) is 5.84. The smallest absolute Gasteiger partial charge is 0.303 e. The van der Waals surface area contributed by atoms with Gasteiger partial charge in [-0.2, -0.15) is 0 Å². The summed E-state index contributed by atoms with van der Waals surface area (Å²) in [5.74, 6) is -1.47. The molecule has 0 aliphatic carbocycles. The Morgan fingerprint density at radius 3 is 1.56 bits per heavy atom. The molecule has 3 heterocycles. The Kier molecular flexibility index (Phi) is 5.51. The molecule has 7 nitrogen and oxygen atoms in total. The number of hydrogen-bond donors (Lipinski definition) is 2. The molecule has 27 heavy (non-hydrogen) atoms. The number of nitrogens with one attached hydrogen (secondary N) is 1. The summed E-state index contributed by atoms with van der Waals surface area (Å²) in [7, 11) is 0. The Morgan fingerprint density at radius 1 is 0.778 bits per heavy atom. The number of carboxylic acid groups (broad SMARTS) is 1. The molecule has 0 unspecified atom stereocenters. The molecule has 0 bridgehead atoms. The molecular weight excluding hydrogens is 344 g/mol. The monoisotopic (exact) mass is 362 g/mol. The molecule has 1 amide bonds. The number of aromatic nitrogens is 3. The summed E-state index contributed by atoms with van der Waals surface area (Å²) in [6.45, 7) is 0. The van der Waals surface area contributed by atoms with Crippen LogP contribution in [0.1, 0.15) is 29.9 Å². The van der Waals surface area contributed by atoms with Gasteiger partial charge in [-0.05, 0) is 36.4 Å². The normalized spacial score (nSPS) is 11.0. The van der Waals surface area contributed by atoms with E-state index in [0.717, 1.165) is 0 Å². The fourth-order valence-electron chi connectivity index (χ4n) is 2.83. The molecule has 0 atom stereocenters. The summed E-state index contributed by atoms with van der Waals surface area (Å²) in [6.07, 6.45) is 4.44. The summed E-state index contributed by atoms with van der Waals surface area (Å²) in [6, 6.07) is 16.1. The fraction of sp³-hybridized carbons (Fsp3) is 0.150. The van der Waals surface area contributed by atoms with E-state index in [2.05, 4.69) is 20.3 Å². The van der Waals surface area contributed by atoms with E-state index >= 15 is 0 Å². The van der Waals surface area contributed by atoms with Gasteiger partial charge in [0.15, 0.2) is 5.54 Å². The van der Waals surface area contributed by atoms with Crippen LogP contribution in [-0.4, -0.2) is 31.9 Å². The van der Waals surface area contributed by atoms with Crippen molar-refractivity contribution in [3.05, 3.63) is 90.3 Å². The van der Waals surface area contributed by atoms with Crippen LogP contribution in [0.4, 0.5) is 0 Å². The zero-order chi connectivity index (χ0) is 19.1. The third-order valence-electron chi connectivity index (χ3n) is 4.04. The van der Waals surface area contributed by atoms with E-state index in [9.17, 15) is 9.59 Å². The highest BCUT2D eigenvalue weighted by Crippen LogP contribution is 2.33. The lowest BCUT2D eigenvalue weighted by Crippen LogP contribution is -2.49. The Bertz CT molecular complexity index is 806. The first-order valence-corrected chi connectivity index (χ1v) is 8.40. The largest absolute Gasteiger partial charge is 0.481 e. The van der Waals surface area contributed by atoms with E-state index in [0.29, 0.717) is 17.1 Å². The van der Waals surface area contributed by atoms with Crippen molar-refractivity contribution in [2.24, 2.45) is 0 Å². The Hall–Kier alpha value is -3.61. The number of aliphatic carboxylic acids is 1. The highest BCUT2D eigenvalue weighted by atomic mass is 16.4. The van der Waals surface area contributed by atoms with Crippen molar-refractivity contribution in [3.8, 4) is 0 Å². The predicted molar refractivity (Wildman–Crippen MR) is 97.6 cm³/mol.